The fraction of sp³-hybridized carbons (Fsp3) is 0.343. The average molecular weight is 652 g/mol. The van der Waals surface area contributed by atoms with E-state index in [2.05, 4.69) is 25.5 Å². The van der Waals surface area contributed by atoms with Gasteiger partial charge in [-0.25, -0.2) is 14.8 Å². The van der Waals surface area contributed by atoms with Crippen LogP contribution < -0.4 is 5.32 Å². The summed E-state index contributed by atoms with van der Waals surface area (Å²) in [5, 5.41) is 14.6. The fourth-order valence-electron chi connectivity index (χ4n) is 5.64. The van der Waals surface area contributed by atoms with E-state index < -0.39 is 17.2 Å². The summed E-state index contributed by atoms with van der Waals surface area (Å²) in [5.41, 5.74) is 2.11. The average Bonchev–Trinajstić information content (AvgIpc) is 3.82. The molecule has 1 fully saturated rings. The SMILES string of the molecule is Cc1csc([C@H]2CCCN2C(=O)c2cc(-c3cccnc3)nc(-c3nnc([C@@](C)(Cc4ccccc4)NC(=O)OC(C)(C)C)o3)c2)n1. The van der Waals surface area contributed by atoms with Crippen LogP contribution in [-0.2, 0) is 16.7 Å². The first-order valence-corrected chi connectivity index (χ1v) is 16.4. The van der Waals surface area contributed by atoms with Crippen LogP contribution in [0.5, 0.6) is 0 Å². The molecule has 0 radical (unpaired) electrons. The minimum absolute atomic E-state index is 0.0905. The smallest absolute Gasteiger partial charge is 0.408 e. The van der Waals surface area contributed by atoms with E-state index >= 15 is 0 Å². The Morgan fingerprint density at radius 1 is 1.04 bits per heavy atom. The van der Waals surface area contributed by atoms with Crippen molar-refractivity contribution in [2.75, 3.05) is 6.54 Å². The van der Waals surface area contributed by atoms with Crippen LogP contribution in [0.4, 0.5) is 4.79 Å². The van der Waals surface area contributed by atoms with Gasteiger partial charge in [-0.2, -0.15) is 0 Å². The van der Waals surface area contributed by atoms with Crippen molar-refractivity contribution < 1.29 is 18.7 Å². The van der Waals surface area contributed by atoms with E-state index in [9.17, 15) is 9.59 Å². The summed E-state index contributed by atoms with van der Waals surface area (Å²) in [6.07, 6.45) is 4.85. The summed E-state index contributed by atoms with van der Waals surface area (Å²) in [6, 6.07) is 16.8. The van der Waals surface area contributed by atoms with Gasteiger partial charge in [0.05, 0.1) is 11.7 Å². The van der Waals surface area contributed by atoms with Crippen molar-refractivity contribution in [3.8, 4) is 22.8 Å². The monoisotopic (exact) mass is 651 g/mol. The van der Waals surface area contributed by atoms with E-state index in [-0.39, 0.29) is 23.7 Å². The van der Waals surface area contributed by atoms with Gasteiger partial charge >= 0.3 is 6.09 Å². The molecular formula is C35H37N7O4S. The number of benzene rings is 1. The lowest BCUT2D eigenvalue weighted by Gasteiger charge is -2.29. The number of hydrogen-bond acceptors (Lipinski definition) is 10. The zero-order valence-electron chi connectivity index (χ0n) is 27.1. The lowest BCUT2D eigenvalue weighted by atomic mass is 9.92. The van der Waals surface area contributed by atoms with Crippen LogP contribution in [-0.4, -0.2) is 54.2 Å². The molecule has 5 heterocycles. The Hall–Kier alpha value is -4.97. The third-order valence-electron chi connectivity index (χ3n) is 7.76. The number of amides is 2. The molecule has 0 saturated carbocycles. The number of carbonyl (C=O) groups is 2. The molecule has 0 unspecified atom stereocenters. The molecule has 0 bridgehead atoms. The number of aryl methyl sites for hydroxylation is 1. The highest BCUT2D eigenvalue weighted by Gasteiger charge is 2.37. The first-order valence-electron chi connectivity index (χ1n) is 15.5. The Balaban J connectivity index is 1.38. The van der Waals surface area contributed by atoms with Gasteiger partial charge in [0, 0.05) is 47.6 Å². The second kappa shape index (κ2) is 13.0. The maximum Gasteiger partial charge on any atom is 0.408 e. The summed E-state index contributed by atoms with van der Waals surface area (Å²) in [7, 11) is 0. The van der Waals surface area contributed by atoms with Gasteiger partial charge in [-0.3, -0.25) is 9.78 Å². The number of ether oxygens (including phenoxy) is 1. The van der Waals surface area contributed by atoms with E-state index in [0.717, 1.165) is 34.7 Å². The van der Waals surface area contributed by atoms with Crippen molar-refractivity contribution in [1.82, 2.24) is 35.4 Å². The minimum Gasteiger partial charge on any atom is -0.444 e. The minimum atomic E-state index is -1.12. The third kappa shape index (κ3) is 7.38. The largest absolute Gasteiger partial charge is 0.444 e. The lowest BCUT2D eigenvalue weighted by Crippen LogP contribution is -2.47. The summed E-state index contributed by atoms with van der Waals surface area (Å²) in [5.74, 6) is 0.149. The van der Waals surface area contributed by atoms with E-state index in [0.29, 0.717) is 29.9 Å². The van der Waals surface area contributed by atoms with Gasteiger partial charge in [-0.1, -0.05) is 30.3 Å². The molecule has 1 aliphatic rings. The van der Waals surface area contributed by atoms with Crippen LogP contribution in [0.3, 0.4) is 0 Å². The molecule has 1 aliphatic heterocycles. The number of nitrogens with one attached hydrogen (secondary N) is 1. The number of thiazole rings is 1. The van der Waals surface area contributed by atoms with Gasteiger partial charge in [-0.15, -0.1) is 21.5 Å². The number of aromatic nitrogens is 5. The Bertz CT molecular complexity index is 1870. The van der Waals surface area contributed by atoms with Crippen LogP contribution in [0.25, 0.3) is 22.8 Å². The second-order valence-corrected chi connectivity index (χ2v) is 13.8. The Labute approximate surface area is 277 Å². The molecule has 12 heteroatoms. The topological polar surface area (TPSA) is 136 Å². The van der Waals surface area contributed by atoms with Crippen molar-refractivity contribution in [3.63, 3.8) is 0 Å². The van der Waals surface area contributed by atoms with Crippen molar-refractivity contribution >= 4 is 23.3 Å². The summed E-state index contributed by atoms with van der Waals surface area (Å²) in [4.78, 5) is 42.8. The zero-order chi connectivity index (χ0) is 33.2. The first kappa shape index (κ1) is 32.0. The highest BCUT2D eigenvalue weighted by molar-refractivity contribution is 7.09. The van der Waals surface area contributed by atoms with Crippen molar-refractivity contribution in [1.29, 1.82) is 0 Å². The number of pyridine rings is 2. The number of nitrogens with zero attached hydrogens (tertiary/aromatic N) is 6. The first-order chi connectivity index (χ1) is 22.5. The molecule has 47 heavy (non-hydrogen) atoms. The molecule has 1 aromatic carbocycles. The Kier molecular flexibility index (Phi) is 8.87. The van der Waals surface area contributed by atoms with Gasteiger partial charge in [0.2, 0.25) is 5.89 Å². The van der Waals surface area contributed by atoms with Gasteiger partial charge in [0.15, 0.2) is 0 Å². The molecule has 2 atom stereocenters. The standard InChI is InChI=1S/C35H37N7O4S/c1-22-21-47-30(37-22)28-14-10-16-42(28)31(43)25-17-26(24-13-9-15-36-20-24)38-27(18-25)29-40-41-32(45-29)35(5,19-23-11-7-6-8-12-23)39-33(44)46-34(2,3)4/h6-9,11-13,15,17-18,20-21,28H,10,14,16,19H2,1-5H3,(H,39,44)/t28-,35-/m1/s1. The predicted octanol–water partition coefficient (Wildman–Crippen LogP) is 6.92. The van der Waals surface area contributed by atoms with Gasteiger partial charge in [0.25, 0.3) is 11.8 Å². The van der Waals surface area contributed by atoms with Crippen LogP contribution in [0.1, 0.15) is 79.1 Å². The Morgan fingerprint density at radius 2 is 1.83 bits per heavy atom. The number of likely N-dealkylation sites (tertiary alicyclic amines) is 1. The molecular weight excluding hydrogens is 614 g/mol. The lowest BCUT2D eigenvalue weighted by molar-refractivity contribution is 0.0443. The van der Waals surface area contributed by atoms with Crippen LogP contribution in [0.15, 0.2) is 76.8 Å². The van der Waals surface area contributed by atoms with Crippen molar-refractivity contribution in [2.45, 2.75) is 71.1 Å². The number of hydrogen-bond donors (Lipinski definition) is 1. The van der Waals surface area contributed by atoms with E-state index in [4.69, 9.17) is 14.1 Å². The number of carbonyl (C=O) groups excluding carboxylic acids is 2. The zero-order valence-corrected chi connectivity index (χ0v) is 27.9. The van der Waals surface area contributed by atoms with E-state index in [1.54, 1.807) is 56.6 Å². The molecule has 0 aliphatic carbocycles. The van der Waals surface area contributed by atoms with E-state index in [1.807, 2.05) is 66.6 Å². The molecule has 11 nitrogen and oxygen atoms in total. The van der Waals surface area contributed by atoms with Gasteiger partial charge in [0.1, 0.15) is 21.8 Å². The summed E-state index contributed by atoms with van der Waals surface area (Å²) >= 11 is 1.58. The number of alkyl carbamates (subject to hydrolysis) is 1. The molecule has 6 rings (SSSR count). The third-order valence-corrected chi connectivity index (χ3v) is 8.82. The van der Waals surface area contributed by atoms with Crippen molar-refractivity contribution in [3.05, 3.63) is 100 Å². The van der Waals surface area contributed by atoms with Gasteiger partial charge < -0.3 is 19.4 Å². The van der Waals surface area contributed by atoms with Crippen LogP contribution in [0, 0.1) is 6.92 Å². The maximum atomic E-state index is 14.1. The molecule has 2 amide bonds. The fourth-order valence-corrected chi connectivity index (χ4v) is 6.58. The van der Waals surface area contributed by atoms with Gasteiger partial charge in [-0.05, 0) is 77.3 Å². The highest BCUT2D eigenvalue weighted by atomic mass is 32.1. The Morgan fingerprint density at radius 3 is 2.53 bits per heavy atom. The van der Waals surface area contributed by atoms with Crippen LogP contribution >= 0.6 is 11.3 Å². The molecule has 4 aromatic heterocycles. The highest BCUT2D eigenvalue weighted by Crippen LogP contribution is 2.36. The molecule has 242 valence electrons. The molecule has 5 aromatic rings. The normalized spacial score (nSPS) is 16.1. The predicted molar refractivity (Wildman–Crippen MR) is 177 cm³/mol. The summed E-state index contributed by atoms with van der Waals surface area (Å²) < 4.78 is 11.9. The molecule has 0 spiro atoms. The van der Waals surface area contributed by atoms with Crippen LogP contribution in [0.2, 0.25) is 0 Å². The van der Waals surface area contributed by atoms with Crippen molar-refractivity contribution in [2.24, 2.45) is 0 Å². The second-order valence-electron chi connectivity index (χ2n) is 12.9. The number of rotatable bonds is 8. The molecule has 1 saturated heterocycles. The summed E-state index contributed by atoms with van der Waals surface area (Å²) in [6.45, 7) is 9.80. The maximum absolute atomic E-state index is 14.1. The quantitative estimate of drug-likeness (QED) is 0.190. The van der Waals surface area contributed by atoms with E-state index in [1.165, 1.54) is 0 Å². The molecule has 1 N–H and O–H groups in total.